The Labute approximate surface area is 95.8 Å². The summed E-state index contributed by atoms with van der Waals surface area (Å²) in [6, 6.07) is 0. The molecule has 16 heavy (non-hydrogen) atoms. The molecule has 2 N–H and O–H groups in total. The van der Waals surface area contributed by atoms with Crippen LogP contribution in [0.5, 0.6) is 0 Å². The minimum Gasteiger partial charge on any atom is -0.379 e. The summed E-state index contributed by atoms with van der Waals surface area (Å²) < 4.78 is 4.49. The van der Waals surface area contributed by atoms with Gasteiger partial charge in [0.25, 0.3) is 0 Å². The highest BCUT2D eigenvalue weighted by Crippen LogP contribution is 2.18. The predicted octanol–water partition coefficient (Wildman–Crippen LogP) is 2.99. The molecule has 0 amide bonds. The van der Waals surface area contributed by atoms with E-state index in [4.69, 9.17) is 5.73 Å². The molecule has 0 radical (unpaired) electrons. The highest BCUT2D eigenvalue weighted by molar-refractivity contribution is 5.77. The molecule has 0 aliphatic carbocycles. The molecule has 0 saturated carbocycles. The Bertz CT molecular complexity index is 389. The zero-order chi connectivity index (χ0) is 12.4. The second-order valence-electron chi connectivity index (χ2n) is 2.45. The molecule has 1 rings (SSSR count). The van der Waals surface area contributed by atoms with Gasteiger partial charge in [-0.3, -0.25) is 0 Å². The van der Waals surface area contributed by atoms with Gasteiger partial charge in [-0.1, -0.05) is 57.4 Å². The van der Waals surface area contributed by atoms with E-state index in [2.05, 4.69) is 28.1 Å². The van der Waals surface area contributed by atoms with Crippen molar-refractivity contribution in [3.63, 3.8) is 0 Å². The van der Waals surface area contributed by atoms with Crippen LogP contribution in [0.4, 0.5) is 5.82 Å². The zero-order valence-electron chi connectivity index (χ0n) is 9.68. The summed E-state index contributed by atoms with van der Waals surface area (Å²) in [5.74, 6) is 0.256. The first-order valence-corrected chi connectivity index (χ1v) is 4.99. The van der Waals surface area contributed by atoms with Crippen LogP contribution in [0.1, 0.15) is 19.5 Å². The summed E-state index contributed by atoms with van der Waals surface area (Å²) in [5, 5.41) is 7.16. The lowest BCUT2D eigenvalue weighted by molar-refractivity contribution is 0.308. The van der Waals surface area contributed by atoms with Crippen LogP contribution in [0.3, 0.4) is 0 Å². The van der Waals surface area contributed by atoms with Gasteiger partial charge in [-0.2, -0.15) is 0 Å². The molecule has 0 unspecified atom stereocenters. The molecule has 0 fully saturated rings. The molecule has 0 aliphatic heterocycles. The summed E-state index contributed by atoms with van der Waals surface area (Å²) >= 11 is 0. The van der Waals surface area contributed by atoms with Gasteiger partial charge < -0.3 is 5.73 Å². The van der Waals surface area contributed by atoms with Crippen molar-refractivity contribution in [2.45, 2.75) is 13.8 Å². The van der Waals surface area contributed by atoms with E-state index < -0.39 is 0 Å². The van der Waals surface area contributed by atoms with E-state index in [1.54, 1.807) is 30.4 Å². The van der Waals surface area contributed by atoms with E-state index >= 15 is 0 Å². The summed E-state index contributed by atoms with van der Waals surface area (Å²) in [7, 11) is 0. The van der Waals surface area contributed by atoms with Crippen LogP contribution in [-0.2, 0) is 0 Å². The van der Waals surface area contributed by atoms with Gasteiger partial charge in [-0.15, -0.1) is 0 Å². The molecule has 1 heterocycles. The highest BCUT2D eigenvalue weighted by Gasteiger charge is 2.08. The summed E-state index contributed by atoms with van der Waals surface area (Å²) in [6.45, 7) is 11.2. The van der Waals surface area contributed by atoms with Crippen LogP contribution in [0.15, 0.2) is 48.2 Å². The number of nitrogens with two attached hydrogens (primary N) is 1. The molecule has 0 spiro atoms. The van der Waals surface area contributed by atoms with Crippen molar-refractivity contribution in [3.8, 4) is 0 Å². The fraction of sp³-hybridized carbons (Fsp3) is 0.167. The highest BCUT2D eigenvalue weighted by atomic mass is 16.6. The Hall–Kier alpha value is -2.10. The Morgan fingerprint density at radius 3 is 2.38 bits per heavy atom. The molecule has 0 bridgehead atoms. The first kappa shape index (κ1) is 13.9. The van der Waals surface area contributed by atoms with Crippen LogP contribution >= 0.6 is 0 Å². The van der Waals surface area contributed by atoms with Crippen molar-refractivity contribution < 1.29 is 4.63 Å². The van der Waals surface area contributed by atoms with Crippen LogP contribution in [0.2, 0.25) is 0 Å². The van der Waals surface area contributed by atoms with E-state index in [1.165, 1.54) is 0 Å². The molecule has 86 valence electrons. The first-order chi connectivity index (χ1) is 7.79. The zero-order valence-corrected chi connectivity index (χ0v) is 9.68. The second kappa shape index (κ2) is 8.23. The summed E-state index contributed by atoms with van der Waals surface area (Å²) in [5.41, 5.74) is 6.82. The van der Waals surface area contributed by atoms with E-state index in [9.17, 15) is 0 Å². The van der Waals surface area contributed by atoms with Crippen molar-refractivity contribution in [1.82, 2.24) is 10.3 Å². The van der Waals surface area contributed by atoms with E-state index in [0.29, 0.717) is 5.69 Å². The van der Waals surface area contributed by atoms with Gasteiger partial charge in [0.15, 0.2) is 11.5 Å². The molecule has 4 heteroatoms. The van der Waals surface area contributed by atoms with Gasteiger partial charge >= 0.3 is 0 Å². The quantitative estimate of drug-likeness (QED) is 0.790. The molecular weight excluding hydrogens is 202 g/mol. The van der Waals surface area contributed by atoms with Crippen molar-refractivity contribution in [1.29, 1.82) is 0 Å². The SMILES string of the molecule is C=C/C=C\C(=C/C=C)c1nonc1N.CC. The normalized spacial score (nSPS) is 10.8. The predicted molar refractivity (Wildman–Crippen MR) is 67.6 cm³/mol. The summed E-state index contributed by atoms with van der Waals surface area (Å²) in [4.78, 5) is 0. The second-order valence-corrected chi connectivity index (χ2v) is 2.45. The number of hydrogen-bond acceptors (Lipinski definition) is 4. The van der Waals surface area contributed by atoms with E-state index in [-0.39, 0.29) is 5.82 Å². The van der Waals surface area contributed by atoms with Gasteiger partial charge in [0.05, 0.1) is 0 Å². The van der Waals surface area contributed by atoms with Gasteiger partial charge in [0.1, 0.15) is 0 Å². The lowest BCUT2D eigenvalue weighted by atomic mass is 10.1. The van der Waals surface area contributed by atoms with Gasteiger partial charge in [0, 0.05) is 5.57 Å². The topological polar surface area (TPSA) is 64.9 Å². The van der Waals surface area contributed by atoms with Crippen LogP contribution < -0.4 is 5.73 Å². The molecule has 0 aromatic carbocycles. The molecular formula is C12H17N3O. The van der Waals surface area contributed by atoms with Crippen molar-refractivity contribution in [3.05, 3.63) is 49.2 Å². The molecule has 0 saturated heterocycles. The lowest BCUT2D eigenvalue weighted by Crippen LogP contribution is -1.90. The Morgan fingerprint density at radius 1 is 1.25 bits per heavy atom. The maximum absolute atomic E-state index is 5.54. The van der Waals surface area contributed by atoms with Gasteiger partial charge in [-0.25, -0.2) is 4.63 Å². The number of rotatable bonds is 4. The molecule has 1 aromatic rings. The number of nitrogen functional groups attached to an aromatic ring is 1. The monoisotopic (exact) mass is 219 g/mol. The molecule has 0 atom stereocenters. The first-order valence-electron chi connectivity index (χ1n) is 4.99. The smallest absolute Gasteiger partial charge is 0.196 e. The minimum absolute atomic E-state index is 0.256. The number of allylic oxidation sites excluding steroid dienone is 6. The number of aromatic nitrogens is 2. The number of nitrogens with zero attached hydrogens (tertiary/aromatic N) is 2. The lowest BCUT2D eigenvalue weighted by Gasteiger charge is -1.94. The summed E-state index contributed by atoms with van der Waals surface area (Å²) in [6.07, 6.45) is 8.61. The molecule has 0 aliphatic rings. The Balaban J connectivity index is 0.00000106. The number of hydrogen-bond donors (Lipinski definition) is 1. The molecule has 4 nitrogen and oxygen atoms in total. The largest absolute Gasteiger partial charge is 0.379 e. The van der Waals surface area contributed by atoms with Crippen LogP contribution in [0.25, 0.3) is 5.57 Å². The standard InChI is InChI=1S/C10H11N3O.C2H6/c1-3-5-7-8(6-4-2)9-10(11)13-14-12-9;1-2/h3-7H,1-2H2,(H2,11,13);1-2H3/b7-5-,8-6+;. The fourth-order valence-electron chi connectivity index (χ4n) is 0.908. The average Bonchev–Trinajstić information content (AvgIpc) is 2.73. The van der Waals surface area contributed by atoms with Gasteiger partial charge in [-0.05, 0) is 10.3 Å². The van der Waals surface area contributed by atoms with Crippen LogP contribution in [-0.4, -0.2) is 10.3 Å². The Kier molecular flexibility index (Phi) is 7.15. The third-order valence-corrected chi connectivity index (χ3v) is 1.50. The maximum Gasteiger partial charge on any atom is 0.196 e. The Morgan fingerprint density at radius 2 is 1.94 bits per heavy atom. The van der Waals surface area contributed by atoms with Gasteiger partial charge in [0.2, 0.25) is 0 Å². The van der Waals surface area contributed by atoms with Crippen LogP contribution in [0, 0.1) is 0 Å². The van der Waals surface area contributed by atoms with E-state index in [0.717, 1.165) is 5.57 Å². The average molecular weight is 219 g/mol. The minimum atomic E-state index is 0.256. The van der Waals surface area contributed by atoms with Crippen molar-refractivity contribution >= 4 is 11.4 Å². The fourth-order valence-corrected chi connectivity index (χ4v) is 0.908. The maximum atomic E-state index is 5.54. The van der Waals surface area contributed by atoms with Crippen molar-refractivity contribution in [2.24, 2.45) is 0 Å². The molecule has 1 aromatic heterocycles. The third-order valence-electron chi connectivity index (χ3n) is 1.50. The third kappa shape index (κ3) is 3.96. The van der Waals surface area contributed by atoms with E-state index in [1.807, 2.05) is 13.8 Å². The number of anilines is 1. The van der Waals surface area contributed by atoms with Crippen molar-refractivity contribution in [2.75, 3.05) is 5.73 Å².